The van der Waals surface area contributed by atoms with Crippen molar-refractivity contribution in [2.45, 2.75) is 38.7 Å². The number of epoxide rings is 1. The van der Waals surface area contributed by atoms with Gasteiger partial charge in [-0.3, -0.25) is 0 Å². The summed E-state index contributed by atoms with van der Waals surface area (Å²) in [7, 11) is 0. The summed E-state index contributed by atoms with van der Waals surface area (Å²) in [6.07, 6.45) is 8.40. The Morgan fingerprint density at radius 3 is 2.82 bits per heavy atom. The van der Waals surface area contributed by atoms with E-state index in [1.54, 1.807) is 0 Å². The topological polar surface area (TPSA) is 29.6 Å². The SMILES string of the molecule is CCCCC=CC[C@@H]1OC1=O. The number of carbonyl (C=O) groups excluding carboxylic acids is 1. The third-order valence-electron chi connectivity index (χ3n) is 1.71. The van der Waals surface area contributed by atoms with Crippen molar-refractivity contribution < 1.29 is 9.53 Å². The Balaban J connectivity index is 1.93. The highest BCUT2D eigenvalue weighted by Gasteiger charge is 2.36. The van der Waals surface area contributed by atoms with E-state index in [2.05, 4.69) is 17.7 Å². The van der Waals surface area contributed by atoms with Crippen molar-refractivity contribution in [1.29, 1.82) is 0 Å². The van der Waals surface area contributed by atoms with E-state index < -0.39 is 0 Å². The molecule has 0 aliphatic carbocycles. The van der Waals surface area contributed by atoms with Crippen molar-refractivity contribution in [3.63, 3.8) is 0 Å². The van der Waals surface area contributed by atoms with Gasteiger partial charge in [0.2, 0.25) is 6.10 Å². The molecular formula is C9H14O2. The Kier molecular flexibility index (Phi) is 3.14. The lowest BCUT2D eigenvalue weighted by Crippen LogP contribution is -1.82. The summed E-state index contributed by atoms with van der Waals surface area (Å²) in [5.74, 6) is -0.0508. The minimum absolute atomic E-state index is 0.0508. The molecular weight excluding hydrogens is 140 g/mol. The maximum absolute atomic E-state index is 10.4. The summed E-state index contributed by atoms with van der Waals surface area (Å²) < 4.78 is 4.63. The zero-order valence-corrected chi connectivity index (χ0v) is 6.88. The maximum atomic E-state index is 10.4. The van der Waals surface area contributed by atoms with E-state index >= 15 is 0 Å². The highest BCUT2D eigenvalue weighted by molar-refractivity contribution is 5.87. The van der Waals surface area contributed by atoms with E-state index in [0.717, 1.165) is 12.8 Å². The highest BCUT2D eigenvalue weighted by atomic mass is 16.6. The second-order valence-electron chi connectivity index (χ2n) is 2.77. The van der Waals surface area contributed by atoms with E-state index in [1.165, 1.54) is 12.8 Å². The predicted molar refractivity (Wildman–Crippen MR) is 43.2 cm³/mol. The molecule has 1 aliphatic heterocycles. The van der Waals surface area contributed by atoms with Crippen molar-refractivity contribution in [2.75, 3.05) is 0 Å². The first-order valence-corrected chi connectivity index (χ1v) is 4.20. The zero-order chi connectivity index (χ0) is 8.10. The number of hydrogen-bond acceptors (Lipinski definition) is 2. The lowest BCUT2D eigenvalue weighted by Gasteiger charge is -1.86. The molecule has 1 aliphatic rings. The van der Waals surface area contributed by atoms with Gasteiger partial charge in [0, 0.05) is 6.42 Å². The Morgan fingerprint density at radius 1 is 1.55 bits per heavy atom. The molecule has 1 heterocycles. The predicted octanol–water partition coefficient (Wildman–Crippen LogP) is 2.05. The van der Waals surface area contributed by atoms with Crippen LogP contribution in [-0.2, 0) is 9.53 Å². The molecule has 0 bridgehead atoms. The first-order valence-electron chi connectivity index (χ1n) is 4.20. The first kappa shape index (κ1) is 8.31. The van der Waals surface area contributed by atoms with E-state index in [0.29, 0.717) is 0 Å². The number of cyclic esters (lactones) is 1. The molecule has 11 heavy (non-hydrogen) atoms. The van der Waals surface area contributed by atoms with E-state index in [4.69, 9.17) is 0 Å². The third-order valence-corrected chi connectivity index (χ3v) is 1.71. The summed E-state index contributed by atoms with van der Waals surface area (Å²) in [4.78, 5) is 10.4. The number of carbonyl (C=O) groups is 1. The van der Waals surface area contributed by atoms with Gasteiger partial charge in [0.1, 0.15) is 0 Å². The molecule has 0 spiro atoms. The van der Waals surface area contributed by atoms with Crippen LogP contribution in [0, 0.1) is 0 Å². The van der Waals surface area contributed by atoms with Crippen LogP contribution in [0.1, 0.15) is 32.6 Å². The minimum Gasteiger partial charge on any atom is -0.447 e. The van der Waals surface area contributed by atoms with Crippen molar-refractivity contribution >= 4 is 5.97 Å². The standard InChI is InChI=1S/C9H14O2/c1-2-3-4-5-6-7-8-9(10)11-8/h5-6,8H,2-4,7H2,1H3/t8-/m0/s1. The monoisotopic (exact) mass is 154 g/mol. The molecule has 0 amide bonds. The fraction of sp³-hybridized carbons (Fsp3) is 0.667. The van der Waals surface area contributed by atoms with Crippen LogP contribution in [0.5, 0.6) is 0 Å². The van der Waals surface area contributed by atoms with Crippen LogP contribution in [0.4, 0.5) is 0 Å². The van der Waals surface area contributed by atoms with Crippen LogP contribution >= 0.6 is 0 Å². The van der Waals surface area contributed by atoms with Crippen LogP contribution < -0.4 is 0 Å². The molecule has 0 aromatic heterocycles. The molecule has 0 saturated carbocycles. The van der Waals surface area contributed by atoms with Crippen molar-refractivity contribution in [3.8, 4) is 0 Å². The Bertz CT molecular complexity index is 161. The molecule has 0 N–H and O–H groups in total. The minimum atomic E-state index is -0.104. The molecule has 0 aromatic carbocycles. The molecule has 62 valence electrons. The van der Waals surface area contributed by atoms with Gasteiger partial charge < -0.3 is 4.74 Å². The van der Waals surface area contributed by atoms with Crippen LogP contribution in [0.3, 0.4) is 0 Å². The summed E-state index contributed by atoms with van der Waals surface area (Å²) in [5.41, 5.74) is 0. The second kappa shape index (κ2) is 4.16. The average Bonchev–Trinajstić information content (AvgIpc) is 2.67. The Labute approximate surface area is 67.2 Å². The molecule has 1 fully saturated rings. The van der Waals surface area contributed by atoms with Crippen LogP contribution in [0.25, 0.3) is 0 Å². The lowest BCUT2D eigenvalue weighted by atomic mass is 10.2. The van der Waals surface area contributed by atoms with Gasteiger partial charge in [0.05, 0.1) is 0 Å². The molecule has 2 heteroatoms. The fourth-order valence-electron chi connectivity index (χ4n) is 0.910. The Hall–Kier alpha value is -0.790. The number of rotatable bonds is 5. The van der Waals surface area contributed by atoms with Crippen molar-refractivity contribution in [2.24, 2.45) is 0 Å². The smallest absolute Gasteiger partial charge is 0.348 e. The summed E-state index contributed by atoms with van der Waals surface area (Å²) in [5, 5.41) is 0. The van der Waals surface area contributed by atoms with E-state index in [1.807, 2.05) is 6.08 Å². The molecule has 0 aromatic rings. The van der Waals surface area contributed by atoms with E-state index in [9.17, 15) is 4.79 Å². The number of unbranched alkanes of at least 4 members (excludes halogenated alkanes) is 2. The largest absolute Gasteiger partial charge is 0.447 e. The normalized spacial score (nSPS) is 22.3. The van der Waals surface area contributed by atoms with Crippen molar-refractivity contribution in [1.82, 2.24) is 0 Å². The third kappa shape index (κ3) is 3.21. The molecule has 2 nitrogen and oxygen atoms in total. The average molecular weight is 154 g/mol. The number of allylic oxidation sites excluding steroid dienone is 1. The van der Waals surface area contributed by atoms with Crippen LogP contribution in [0.15, 0.2) is 12.2 Å². The van der Waals surface area contributed by atoms with Gasteiger partial charge in [-0.05, 0) is 6.42 Å². The molecule has 1 atom stereocenters. The fourth-order valence-corrected chi connectivity index (χ4v) is 0.910. The van der Waals surface area contributed by atoms with E-state index in [-0.39, 0.29) is 12.1 Å². The number of ether oxygens (including phenoxy) is 1. The molecule has 1 saturated heterocycles. The molecule has 1 rings (SSSR count). The summed E-state index contributed by atoms with van der Waals surface area (Å²) in [6, 6.07) is 0. The van der Waals surface area contributed by atoms with Gasteiger partial charge in [-0.1, -0.05) is 31.9 Å². The quantitative estimate of drug-likeness (QED) is 0.344. The lowest BCUT2D eigenvalue weighted by molar-refractivity contribution is -0.117. The summed E-state index contributed by atoms with van der Waals surface area (Å²) in [6.45, 7) is 2.17. The van der Waals surface area contributed by atoms with Gasteiger partial charge >= 0.3 is 5.97 Å². The second-order valence-corrected chi connectivity index (χ2v) is 2.77. The zero-order valence-electron chi connectivity index (χ0n) is 6.88. The first-order chi connectivity index (χ1) is 5.34. The Morgan fingerprint density at radius 2 is 2.27 bits per heavy atom. The number of hydrogen-bond donors (Lipinski definition) is 0. The van der Waals surface area contributed by atoms with Gasteiger partial charge in [0.15, 0.2) is 0 Å². The summed E-state index contributed by atoms with van der Waals surface area (Å²) >= 11 is 0. The van der Waals surface area contributed by atoms with Gasteiger partial charge in [0.25, 0.3) is 0 Å². The van der Waals surface area contributed by atoms with Gasteiger partial charge in [-0.25, -0.2) is 4.79 Å². The van der Waals surface area contributed by atoms with Crippen molar-refractivity contribution in [3.05, 3.63) is 12.2 Å². The van der Waals surface area contributed by atoms with Crippen LogP contribution in [0.2, 0.25) is 0 Å². The van der Waals surface area contributed by atoms with Crippen LogP contribution in [-0.4, -0.2) is 12.1 Å². The van der Waals surface area contributed by atoms with Gasteiger partial charge in [-0.2, -0.15) is 0 Å². The van der Waals surface area contributed by atoms with Gasteiger partial charge in [-0.15, -0.1) is 0 Å². The maximum Gasteiger partial charge on any atom is 0.348 e. The molecule has 0 unspecified atom stereocenters. The molecule has 0 radical (unpaired) electrons. The highest BCUT2D eigenvalue weighted by Crippen LogP contribution is 2.16.